The van der Waals surface area contributed by atoms with E-state index in [1.54, 1.807) is 18.2 Å². The van der Waals surface area contributed by atoms with Crippen LogP contribution in [0.25, 0.3) is 0 Å². The fourth-order valence-electron chi connectivity index (χ4n) is 2.90. The van der Waals surface area contributed by atoms with Crippen LogP contribution >= 0.6 is 23.2 Å². The largest absolute Gasteiger partial charge is 0.368 e. The van der Waals surface area contributed by atoms with Gasteiger partial charge in [0, 0.05) is 35.7 Å². The van der Waals surface area contributed by atoms with Crippen LogP contribution in [-0.4, -0.2) is 19.1 Å². The Kier molecular flexibility index (Phi) is 5.25. The summed E-state index contributed by atoms with van der Waals surface area (Å²) in [4.78, 5) is 2.00. The van der Waals surface area contributed by atoms with Gasteiger partial charge >= 0.3 is 0 Å². The molecule has 1 aliphatic heterocycles. The summed E-state index contributed by atoms with van der Waals surface area (Å²) in [6, 6.07) is 12.3. The second kappa shape index (κ2) is 7.40. The van der Waals surface area contributed by atoms with Gasteiger partial charge in [0.15, 0.2) is 0 Å². The maximum Gasteiger partial charge on any atom is 0.147 e. The van der Waals surface area contributed by atoms with Crippen molar-refractivity contribution in [1.82, 2.24) is 5.32 Å². The van der Waals surface area contributed by atoms with Gasteiger partial charge in [0.2, 0.25) is 0 Å². The molecule has 1 saturated heterocycles. The van der Waals surface area contributed by atoms with Crippen LogP contribution in [0.15, 0.2) is 36.4 Å². The summed E-state index contributed by atoms with van der Waals surface area (Å²) in [7, 11) is 0. The Morgan fingerprint density at radius 1 is 1.25 bits per heavy atom. The minimum atomic E-state index is -0.351. The van der Waals surface area contributed by atoms with E-state index >= 15 is 0 Å². The standard InChI is InChI=1S/C18H16Cl2FN3/c19-14-3-2-13(16(20)8-14)10-23-15-5-6-24(11-15)18-4-1-12(9-22)7-17(18)21/h1-4,7-8,15,23H,5-6,10-11H2. The van der Waals surface area contributed by atoms with E-state index in [1.807, 2.05) is 23.1 Å². The SMILES string of the molecule is N#Cc1ccc(N2CCC(NCc3ccc(Cl)cc3Cl)C2)c(F)c1. The zero-order valence-corrected chi connectivity index (χ0v) is 14.4. The first-order valence-corrected chi connectivity index (χ1v) is 8.44. The summed E-state index contributed by atoms with van der Waals surface area (Å²) in [5, 5.41) is 13.5. The Balaban J connectivity index is 1.60. The van der Waals surface area contributed by atoms with Crippen molar-refractivity contribution < 1.29 is 4.39 Å². The highest BCUT2D eigenvalue weighted by Gasteiger charge is 2.24. The molecule has 3 nitrogen and oxygen atoms in total. The van der Waals surface area contributed by atoms with Gasteiger partial charge in [-0.25, -0.2) is 4.39 Å². The Morgan fingerprint density at radius 3 is 2.79 bits per heavy atom. The molecular weight excluding hydrogens is 348 g/mol. The molecule has 1 N–H and O–H groups in total. The van der Waals surface area contributed by atoms with Gasteiger partial charge in [0.1, 0.15) is 5.82 Å². The molecule has 1 heterocycles. The first kappa shape index (κ1) is 17.0. The van der Waals surface area contributed by atoms with Crippen LogP contribution in [0.5, 0.6) is 0 Å². The molecule has 0 amide bonds. The molecular formula is C18H16Cl2FN3. The van der Waals surface area contributed by atoms with E-state index in [1.165, 1.54) is 6.07 Å². The van der Waals surface area contributed by atoms with Gasteiger partial charge in [0.05, 0.1) is 17.3 Å². The molecule has 1 unspecified atom stereocenters. The second-order valence-electron chi connectivity index (χ2n) is 5.83. The maximum atomic E-state index is 14.1. The van der Waals surface area contributed by atoms with Crippen LogP contribution in [0.2, 0.25) is 10.0 Å². The van der Waals surface area contributed by atoms with E-state index in [2.05, 4.69) is 5.32 Å². The topological polar surface area (TPSA) is 39.1 Å². The number of anilines is 1. The van der Waals surface area contributed by atoms with E-state index in [0.717, 1.165) is 18.5 Å². The molecule has 0 bridgehead atoms. The number of hydrogen-bond acceptors (Lipinski definition) is 3. The predicted octanol–water partition coefficient (Wildman–Crippen LogP) is 4.37. The van der Waals surface area contributed by atoms with E-state index in [4.69, 9.17) is 28.5 Å². The summed E-state index contributed by atoms with van der Waals surface area (Å²) in [5.74, 6) is -0.351. The van der Waals surface area contributed by atoms with Crippen LogP contribution in [0.3, 0.4) is 0 Å². The van der Waals surface area contributed by atoms with Gasteiger partial charge in [-0.1, -0.05) is 29.3 Å². The van der Waals surface area contributed by atoms with Crippen molar-refractivity contribution in [1.29, 1.82) is 5.26 Å². The third kappa shape index (κ3) is 3.81. The smallest absolute Gasteiger partial charge is 0.147 e. The van der Waals surface area contributed by atoms with Crippen LogP contribution in [0.1, 0.15) is 17.5 Å². The van der Waals surface area contributed by atoms with Gasteiger partial charge < -0.3 is 10.2 Å². The lowest BCUT2D eigenvalue weighted by Gasteiger charge is -2.20. The third-order valence-electron chi connectivity index (χ3n) is 4.20. The third-order valence-corrected chi connectivity index (χ3v) is 4.79. The number of nitriles is 1. The molecule has 2 aromatic rings. The zero-order chi connectivity index (χ0) is 17.1. The quantitative estimate of drug-likeness (QED) is 0.876. The van der Waals surface area contributed by atoms with Gasteiger partial charge in [-0.3, -0.25) is 0 Å². The fourth-order valence-corrected chi connectivity index (χ4v) is 3.37. The van der Waals surface area contributed by atoms with E-state index in [9.17, 15) is 4.39 Å². The minimum Gasteiger partial charge on any atom is -0.368 e. The molecule has 24 heavy (non-hydrogen) atoms. The second-order valence-corrected chi connectivity index (χ2v) is 6.67. The molecule has 0 aromatic heterocycles. The Hall–Kier alpha value is -1.80. The molecule has 3 rings (SSSR count). The number of nitrogens with zero attached hydrogens (tertiary/aromatic N) is 2. The average molecular weight is 364 g/mol. The van der Waals surface area contributed by atoms with Crippen molar-refractivity contribution in [2.75, 3.05) is 18.0 Å². The van der Waals surface area contributed by atoms with Crippen LogP contribution in [-0.2, 0) is 6.54 Å². The van der Waals surface area contributed by atoms with Crippen molar-refractivity contribution in [3.63, 3.8) is 0 Å². The lowest BCUT2D eigenvalue weighted by molar-refractivity contribution is 0.550. The van der Waals surface area contributed by atoms with Gasteiger partial charge in [-0.15, -0.1) is 0 Å². The molecule has 6 heteroatoms. The summed E-state index contributed by atoms with van der Waals surface area (Å²) >= 11 is 12.1. The molecule has 0 spiro atoms. The van der Waals surface area contributed by atoms with Gasteiger partial charge in [0.25, 0.3) is 0 Å². The van der Waals surface area contributed by atoms with E-state index in [-0.39, 0.29) is 11.9 Å². The fraction of sp³-hybridized carbons (Fsp3) is 0.278. The number of halogens is 3. The van der Waals surface area contributed by atoms with Gasteiger partial charge in [-0.2, -0.15) is 5.26 Å². The highest BCUT2D eigenvalue weighted by Crippen LogP contribution is 2.25. The number of nitrogens with one attached hydrogen (secondary N) is 1. The lowest BCUT2D eigenvalue weighted by Crippen LogP contribution is -2.32. The Morgan fingerprint density at radius 2 is 2.08 bits per heavy atom. The minimum absolute atomic E-state index is 0.256. The molecule has 1 atom stereocenters. The zero-order valence-electron chi connectivity index (χ0n) is 12.9. The first-order valence-electron chi connectivity index (χ1n) is 7.68. The number of hydrogen-bond donors (Lipinski definition) is 1. The van der Waals surface area contributed by atoms with Crippen LogP contribution < -0.4 is 10.2 Å². The molecule has 0 radical (unpaired) electrons. The van der Waals surface area contributed by atoms with Crippen molar-refractivity contribution in [3.05, 3.63) is 63.4 Å². The van der Waals surface area contributed by atoms with Crippen LogP contribution in [0.4, 0.5) is 10.1 Å². The highest BCUT2D eigenvalue weighted by molar-refractivity contribution is 6.35. The van der Waals surface area contributed by atoms with Crippen molar-refractivity contribution in [2.45, 2.75) is 19.0 Å². The van der Waals surface area contributed by atoms with E-state index < -0.39 is 0 Å². The highest BCUT2D eigenvalue weighted by atomic mass is 35.5. The monoisotopic (exact) mass is 363 g/mol. The lowest BCUT2D eigenvalue weighted by atomic mass is 10.2. The van der Waals surface area contributed by atoms with Crippen molar-refractivity contribution in [3.8, 4) is 6.07 Å². The van der Waals surface area contributed by atoms with Crippen LogP contribution in [0, 0.1) is 17.1 Å². The first-order chi connectivity index (χ1) is 11.6. The van der Waals surface area contributed by atoms with Crippen molar-refractivity contribution >= 4 is 28.9 Å². The molecule has 124 valence electrons. The maximum absolute atomic E-state index is 14.1. The molecule has 1 aliphatic rings. The summed E-state index contributed by atoms with van der Waals surface area (Å²) < 4.78 is 14.1. The van der Waals surface area contributed by atoms with E-state index in [0.29, 0.717) is 34.4 Å². The summed E-state index contributed by atoms with van der Waals surface area (Å²) in [6.45, 7) is 2.13. The predicted molar refractivity (Wildman–Crippen MR) is 95.0 cm³/mol. The number of benzene rings is 2. The summed E-state index contributed by atoms with van der Waals surface area (Å²) in [5.41, 5.74) is 1.87. The number of rotatable bonds is 4. The molecule has 1 fully saturated rings. The van der Waals surface area contributed by atoms with Crippen molar-refractivity contribution in [2.24, 2.45) is 0 Å². The molecule has 2 aromatic carbocycles. The Bertz CT molecular complexity index is 788. The average Bonchev–Trinajstić information content (AvgIpc) is 3.02. The molecule has 0 saturated carbocycles. The molecule has 0 aliphatic carbocycles. The normalized spacial score (nSPS) is 17.1. The Labute approximate surface area is 150 Å². The summed E-state index contributed by atoms with van der Waals surface area (Å²) in [6.07, 6.45) is 0.921. The van der Waals surface area contributed by atoms with Gasteiger partial charge in [-0.05, 0) is 42.3 Å².